The number of benzene rings is 1. The van der Waals surface area contributed by atoms with E-state index >= 15 is 0 Å². The quantitative estimate of drug-likeness (QED) is 0.665. The van der Waals surface area contributed by atoms with Crippen LogP contribution in [0.25, 0.3) is 10.4 Å². The molecule has 21 heavy (non-hydrogen) atoms. The van der Waals surface area contributed by atoms with Gasteiger partial charge < -0.3 is 10.8 Å². The van der Waals surface area contributed by atoms with Gasteiger partial charge in [-0.3, -0.25) is 10.1 Å². The van der Waals surface area contributed by atoms with Crippen molar-refractivity contribution in [1.82, 2.24) is 0 Å². The molecule has 2 aromatic rings. The van der Waals surface area contributed by atoms with Crippen molar-refractivity contribution in [2.24, 2.45) is 0 Å². The summed E-state index contributed by atoms with van der Waals surface area (Å²) in [6.07, 6.45) is 0.432. The fourth-order valence-corrected chi connectivity index (χ4v) is 3.18. The number of hydrogen-bond donors (Lipinski definition) is 2. The molecule has 0 fully saturated rings. The first-order chi connectivity index (χ1) is 9.86. The van der Waals surface area contributed by atoms with E-state index in [9.17, 15) is 19.3 Å². The monoisotopic (exact) mass is 310 g/mol. The van der Waals surface area contributed by atoms with E-state index < -0.39 is 16.7 Å². The van der Waals surface area contributed by atoms with Gasteiger partial charge in [0.15, 0.2) is 0 Å². The topological polar surface area (TPSA) is 106 Å². The van der Waals surface area contributed by atoms with Crippen molar-refractivity contribution in [2.45, 2.75) is 13.3 Å². The maximum absolute atomic E-state index is 14.1. The van der Waals surface area contributed by atoms with Crippen LogP contribution in [0.4, 0.5) is 15.8 Å². The average molecular weight is 310 g/mol. The Balaban J connectivity index is 2.64. The fraction of sp³-hybridized carbons (Fsp3) is 0.154. The second kappa shape index (κ2) is 5.49. The lowest BCUT2D eigenvalue weighted by atomic mass is 10.1. The van der Waals surface area contributed by atoms with Crippen LogP contribution in [0.2, 0.25) is 0 Å². The molecule has 0 saturated carbocycles. The van der Waals surface area contributed by atoms with Gasteiger partial charge >= 0.3 is 5.97 Å². The summed E-state index contributed by atoms with van der Waals surface area (Å²) in [6.45, 7) is 1.77. The van der Waals surface area contributed by atoms with E-state index in [0.717, 1.165) is 17.4 Å². The Morgan fingerprint density at radius 1 is 1.52 bits per heavy atom. The molecule has 0 radical (unpaired) electrons. The predicted molar refractivity (Wildman–Crippen MR) is 77.1 cm³/mol. The number of aromatic carboxylic acids is 1. The van der Waals surface area contributed by atoms with Crippen molar-refractivity contribution in [1.29, 1.82) is 0 Å². The Bertz CT molecular complexity index is 742. The second-order valence-electron chi connectivity index (χ2n) is 4.23. The van der Waals surface area contributed by atoms with Crippen LogP contribution in [-0.2, 0) is 6.42 Å². The summed E-state index contributed by atoms with van der Waals surface area (Å²) in [6, 6.07) is 3.25. The van der Waals surface area contributed by atoms with E-state index in [1.165, 1.54) is 12.1 Å². The van der Waals surface area contributed by atoms with Gasteiger partial charge in [-0.15, -0.1) is 11.3 Å². The summed E-state index contributed by atoms with van der Waals surface area (Å²) in [5.41, 5.74) is 6.18. The molecule has 110 valence electrons. The molecule has 0 amide bonds. The number of carboxylic acid groups (broad SMARTS) is 1. The highest BCUT2D eigenvalue weighted by Gasteiger charge is 2.23. The molecule has 1 aromatic heterocycles. The maximum Gasteiger partial charge on any atom is 0.348 e. The zero-order valence-corrected chi connectivity index (χ0v) is 11.7. The number of nitrogens with zero attached hydrogens (tertiary/aromatic N) is 1. The summed E-state index contributed by atoms with van der Waals surface area (Å²) >= 11 is 0.866. The molecule has 0 saturated heterocycles. The molecule has 0 aliphatic carbocycles. The molecule has 3 N–H and O–H groups in total. The second-order valence-corrected chi connectivity index (χ2v) is 5.25. The largest absolute Gasteiger partial charge is 0.477 e. The summed E-state index contributed by atoms with van der Waals surface area (Å²) in [5.74, 6) is -1.96. The van der Waals surface area contributed by atoms with Crippen LogP contribution in [0.1, 0.15) is 22.2 Å². The summed E-state index contributed by atoms with van der Waals surface area (Å²) < 4.78 is 14.1. The van der Waals surface area contributed by atoms with Crippen LogP contribution < -0.4 is 5.73 Å². The Hall–Kier alpha value is -2.48. The van der Waals surface area contributed by atoms with Crippen molar-refractivity contribution < 1.29 is 19.2 Å². The minimum atomic E-state index is -1.18. The van der Waals surface area contributed by atoms with Gasteiger partial charge in [0.1, 0.15) is 10.7 Å². The molecule has 0 spiro atoms. The third-order valence-corrected chi connectivity index (χ3v) is 4.27. The maximum atomic E-state index is 14.1. The fourth-order valence-electron chi connectivity index (χ4n) is 2.01. The number of halogens is 1. The van der Waals surface area contributed by atoms with Crippen molar-refractivity contribution in [3.63, 3.8) is 0 Å². The van der Waals surface area contributed by atoms with Crippen molar-refractivity contribution in [3.8, 4) is 10.4 Å². The van der Waals surface area contributed by atoms with Gasteiger partial charge in [0.2, 0.25) is 0 Å². The summed E-state index contributed by atoms with van der Waals surface area (Å²) in [4.78, 5) is 21.4. The Labute approximate surface area is 122 Å². The summed E-state index contributed by atoms with van der Waals surface area (Å²) in [5, 5.41) is 19.7. The molecule has 0 aliphatic rings. The van der Waals surface area contributed by atoms with E-state index in [4.69, 9.17) is 10.8 Å². The van der Waals surface area contributed by atoms with Gasteiger partial charge in [0.05, 0.1) is 16.7 Å². The molecule has 1 aromatic carbocycles. The molecule has 1 heterocycles. The normalized spacial score (nSPS) is 10.6. The number of thiophene rings is 1. The molecular formula is C13H11FN2O4S. The molecule has 0 aliphatic heterocycles. The number of hydrogen-bond acceptors (Lipinski definition) is 5. The van der Waals surface area contributed by atoms with E-state index in [-0.39, 0.29) is 21.8 Å². The number of carboxylic acids is 1. The zero-order valence-electron chi connectivity index (χ0n) is 10.9. The van der Waals surface area contributed by atoms with Crippen molar-refractivity contribution >= 4 is 28.7 Å². The Morgan fingerprint density at radius 2 is 2.19 bits per heavy atom. The predicted octanol–water partition coefficient (Wildman–Crippen LogP) is 3.31. The number of anilines is 1. The molecule has 0 atom stereocenters. The SMILES string of the molecule is CCc1c(-c2ccc([N+](=O)[O-])cc2F)sc(C(=O)O)c1N. The lowest BCUT2D eigenvalue weighted by molar-refractivity contribution is -0.385. The van der Waals surface area contributed by atoms with E-state index in [1.54, 1.807) is 6.92 Å². The lowest BCUT2D eigenvalue weighted by Gasteiger charge is -2.04. The minimum absolute atomic E-state index is 0.0559. The first kappa shape index (κ1) is 14.9. The van der Waals surface area contributed by atoms with Crippen LogP contribution in [-0.4, -0.2) is 16.0 Å². The number of nitrogens with two attached hydrogens (primary N) is 1. The van der Waals surface area contributed by atoms with Crippen LogP contribution in [0.3, 0.4) is 0 Å². The van der Waals surface area contributed by atoms with Gasteiger partial charge in [-0.1, -0.05) is 6.92 Å². The van der Waals surface area contributed by atoms with Gasteiger partial charge in [-0.05, 0) is 18.1 Å². The molecular weight excluding hydrogens is 299 g/mol. The number of rotatable bonds is 4. The third kappa shape index (κ3) is 2.57. The summed E-state index contributed by atoms with van der Waals surface area (Å²) in [7, 11) is 0. The number of nitro benzene ring substituents is 1. The molecule has 6 nitrogen and oxygen atoms in total. The van der Waals surface area contributed by atoms with Gasteiger partial charge in [-0.2, -0.15) is 0 Å². The van der Waals surface area contributed by atoms with Crippen molar-refractivity contribution in [2.75, 3.05) is 5.73 Å². The smallest absolute Gasteiger partial charge is 0.348 e. The Morgan fingerprint density at radius 3 is 2.67 bits per heavy atom. The molecule has 2 rings (SSSR count). The highest BCUT2D eigenvalue weighted by atomic mass is 32.1. The van der Waals surface area contributed by atoms with E-state index in [0.29, 0.717) is 16.9 Å². The van der Waals surface area contributed by atoms with Gasteiger partial charge in [0, 0.05) is 16.5 Å². The standard InChI is InChI=1S/C13H11FN2O4S/c1-2-7-10(15)12(13(17)18)21-11(7)8-4-3-6(16(19)20)5-9(8)14/h3-5H,2,15H2,1H3,(H,17,18). The minimum Gasteiger partial charge on any atom is -0.477 e. The highest BCUT2D eigenvalue weighted by Crippen LogP contribution is 2.40. The molecule has 8 heteroatoms. The van der Waals surface area contributed by atoms with E-state index in [1.807, 2.05) is 0 Å². The zero-order chi connectivity index (χ0) is 15.7. The molecule has 0 unspecified atom stereocenters. The first-order valence-corrected chi connectivity index (χ1v) is 6.77. The van der Waals surface area contributed by atoms with Crippen molar-refractivity contribution in [3.05, 3.63) is 44.6 Å². The number of carbonyl (C=O) groups is 1. The van der Waals surface area contributed by atoms with E-state index in [2.05, 4.69) is 0 Å². The third-order valence-electron chi connectivity index (χ3n) is 3.00. The highest BCUT2D eigenvalue weighted by molar-refractivity contribution is 7.18. The van der Waals surface area contributed by atoms with Crippen LogP contribution in [0.5, 0.6) is 0 Å². The number of nitro groups is 1. The molecule has 0 bridgehead atoms. The van der Waals surface area contributed by atoms with Gasteiger partial charge in [-0.25, -0.2) is 9.18 Å². The van der Waals surface area contributed by atoms with Crippen LogP contribution >= 0.6 is 11.3 Å². The first-order valence-electron chi connectivity index (χ1n) is 5.95. The van der Waals surface area contributed by atoms with Gasteiger partial charge in [0.25, 0.3) is 5.69 Å². The number of non-ortho nitro benzene ring substituents is 1. The lowest BCUT2D eigenvalue weighted by Crippen LogP contribution is -1.99. The van der Waals surface area contributed by atoms with Crippen LogP contribution in [0, 0.1) is 15.9 Å². The number of nitrogen functional groups attached to an aromatic ring is 1. The Kier molecular flexibility index (Phi) is 3.90. The van der Waals surface area contributed by atoms with Crippen LogP contribution in [0.15, 0.2) is 18.2 Å². The average Bonchev–Trinajstić information content (AvgIpc) is 2.75.